The number of aliphatic imine (C=N–C) groups is 1. The highest BCUT2D eigenvalue weighted by molar-refractivity contribution is 5.85. The molecule has 14 nitrogen and oxygen atoms in total. The van der Waals surface area contributed by atoms with Crippen LogP contribution in [0.15, 0.2) is 32.6 Å². The van der Waals surface area contributed by atoms with Gasteiger partial charge in [0.25, 0.3) is 0 Å². The van der Waals surface area contributed by atoms with Crippen molar-refractivity contribution in [1.29, 1.82) is 0 Å². The first kappa shape index (κ1) is 35.9. The number of esters is 2. The maximum atomic E-state index is 12.8. The monoisotopic (exact) mass is 698 g/mol. The van der Waals surface area contributed by atoms with Gasteiger partial charge in [-0.15, -0.1) is 0 Å². The van der Waals surface area contributed by atoms with Gasteiger partial charge in [0.2, 0.25) is 5.91 Å². The van der Waals surface area contributed by atoms with Gasteiger partial charge in [-0.2, -0.15) is 0 Å². The number of nitrogens with two attached hydrogens (primary N) is 2. The average molecular weight is 699 g/mol. The second-order valence-corrected chi connectivity index (χ2v) is 15.5. The maximum absolute atomic E-state index is 12.8. The summed E-state index contributed by atoms with van der Waals surface area (Å²) < 4.78 is 23.8. The third-order valence-corrected chi connectivity index (χ3v) is 12.9. The number of nitrogens with one attached hydrogen (secondary N) is 1. The van der Waals surface area contributed by atoms with Crippen molar-refractivity contribution in [1.82, 2.24) is 5.32 Å². The fourth-order valence-electron chi connectivity index (χ4n) is 10.7. The number of hydrogen-bond acceptors (Lipinski definition) is 10. The molecular weight excluding hydrogens is 648 g/mol. The van der Waals surface area contributed by atoms with Crippen LogP contribution in [-0.4, -0.2) is 71.4 Å². The second kappa shape index (κ2) is 13.6. The summed E-state index contributed by atoms with van der Waals surface area (Å²) >= 11 is 0. The fourth-order valence-corrected chi connectivity index (χ4v) is 10.7. The third-order valence-electron chi connectivity index (χ3n) is 12.9. The Hall–Kier alpha value is -3.94. The van der Waals surface area contributed by atoms with Crippen LogP contribution in [0.1, 0.15) is 103 Å². The second-order valence-electron chi connectivity index (χ2n) is 15.5. The lowest BCUT2D eigenvalue weighted by Gasteiger charge is -2.61. The minimum atomic E-state index is -1.17. The number of aliphatic carboxylic acids is 1. The Morgan fingerprint density at radius 2 is 1.84 bits per heavy atom. The van der Waals surface area contributed by atoms with Gasteiger partial charge in [-0.1, -0.05) is 13.8 Å². The van der Waals surface area contributed by atoms with Gasteiger partial charge >= 0.3 is 23.5 Å². The van der Waals surface area contributed by atoms with Crippen LogP contribution in [0, 0.1) is 28.6 Å². The summed E-state index contributed by atoms with van der Waals surface area (Å²) in [4.78, 5) is 64.8. The molecule has 1 aromatic heterocycles. The van der Waals surface area contributed by atoms with Crippen LogP contribution >= 0.6 is 0 Å². The number of epoxide rings is 1. The van der Waals surface area contributed by atoms with Crippen LogP contribution in [-0.2, 0) is 33.4 Å². The predicted octanol–water partition coefficient (Wildman–Crippen LogP) is 2.75. The first-order valence-electron chi connectivity index (χ1n) is 17.9. The van der Waals surface area contributed by atoms with Crippen molar-refractivity contribution in [3.8, 4) is 0 Å². The summed E-state index contributed by atoms with van der Waals surface area (Å²) in [5.74, 6) is -1.72. The van der Waals surface area contributed by atoms with E-state index in [1.807, 2.05) is 0 Å². The molecular formula is C36H50N4O10. The number of carboxylic acid groups (broad SMARTS) is 1. The van der Waals surface area contributed by atoms with E-state index in [4.69, 9.17) is 30.1 Å². The number of rotatable bonds is 12. The Balaban J connectivity index is 1.06. The van der Waals surface area contributed by atoms with Crippen molar-refractivity contribution in [3.05, 3.63) is 34.4 Å². The molecule has 0 bridgehead atoms. The summed E-state index contributed by atoms with van der Waals surface area (Å²) in [6.07, 6.45) is 7.00. The van der Waals surface area contributed by atoms with Crippen LogP contribution < -0.4 is 22.4 Å². The minimum Gasteiger partial charge on any atom is -0.480 e. The average Bonchev–Trinajstić information content (AvgIpc) is 3.76. The Bertz CT molecular complexity index is 1570. The third kappa shape index (κ3) is 6.39. The highest BCUT2D eigenvalue weighted by Gasteiger charge is 2.84. The van der Waals surface area contributed by atoms with Crippen LogP contribution in [0.3, 0.4) is 0 Å². The quantitative estimate of drug-likeness (QED) is 0.0813. The molecule has 50 heavy (non-hydrogen) atoms. The maximum Gasteiger partial charge on any atom is 0.335 e. The predicted molar refractivity (Wildman–Crippen MR) is 178 cm³/mol. The summed E-state index contributed by atoms with van der Waals surface area (Å²) in [6.45, 7) is 6.31. The number of fused-ring (bicyclic) bond motifs is 3. The summed E-state index contributed by atoms with van der Waals surface area (Å²) in [7, 11) is 0. The number of amides is 1. The molecule has 1 spiro atoms. The van der Waals surface area contributed by atoms with Crippen molar-refractivity contribution in [2.24, 2.45) is 45.0 Å². The SMILES string of the molecule is CC(=O)OC1C(c2ccc(=O)oc2)C2(C)CCC3C(CCC4CC(OC(=O)CCC(=O)NC(CCCN=C(N)N)C(=O)O)CCC43C)C23OC13. The van der Waals surface area contributed by atoms with Crippen molar-refractivity contribution < 1.29 is 42.9 Å². The summed E-state index contributed by atoms with van der Waals surface area (Å²) in [6, 6.07) is 2.12. The Morgan fingerprint density at radius 1 is 1.06 bits per heavy atom. The molecule has 14 heteroatoms. The highest BCUT2D eigenvalue weighted by atomic mass is 16.7. The van der Waals surface area contributed by atoms with E-state index in [9.17, 15) is 29.1 Å². The first-order chi connectivity index (χ1) is 23.7. The first-order valence-corrected chi connectivity index (χ1v) is 17.9. The molecule has 274 valence electrons. The highest BCUT2D eigenvalue weighted by Crippen LogP contribution is 2.78. The Labute approximate surface area is 291 Å². The molecule has 2 heterocycles. The topological polar surface area (TPSA) is 226 Å². The van der Waals surface area contributed by atoms with Gasteiger partial charge in [0.1, 0.15) is 30.0 Å². The van der Waals surface area contributed by atoms with Crippen LogP contribution in [0.2, 0.25) is 0 Å². The van der Waals surface area contributed by atoms with E-state index in [1.165, 1.54) is 19.3 Å². The van der Waals surface area contributed by atoms with E-state index in [-0.39, 0.29) is 72.6 Å². The molecule has 1 aliphatic heterocycles. The minimum absolute atomic E-state index is 0.0277. The molecule has 4 aliphatic carbocycles. The molecule has 11 atom stereocenters. The fraction of sp³-hybridized carbons (Fsp3) is 0.722. The lowest BCUT2D eigenvalue weighted by atomic mass is 9.44. The van der Waals surface area contributed by atoms with Gasteiger partial charge in [0.15, 0.2) is 5.96 Å². The van der Waals surface area contributed by atoms with E-state index in [0.29, 0.717) is 18.3 Å². The van der Waals surface area contributed by atoms with Crippen molar-refractivity contribution in [2.75, 3.05) is 6.54 Å². The number of carboxylic acids is 1. The Kier molecular flexibility index (Phi) is 9.79. The molecule has 6 N–H and O–H groups in total. The molecule has 5 aliphatic rings. The van der Waals surface area contributed by atoms with Crippen LogP contribution in [0.4, 0.5) is 0 Å². The zero-order valence-electron chi connectivity index (χ0n) is 29.1. The molecule has 0 radical (unpaired) electrons. The van der Waals surface area contributed by atoms with Crippen molar-refractivity contribution in [3.63, 3.8) is 0 Å². The molecule has 1 saturated heterocycles. The van der Waals surface area contributed by atoms with E-state index >= 15 is 0 Å². The van der Waals surface area contributed by atoms with Crippen molar-refractivity contribution in [2.45, 2.75) is 127 Å². The van der Waals surface area contributed by atoms with E-state index in [2.05, 4.69) is 24.2 Å². The molecule has 6 rings (SSSR count). The van der Waals surface area contributed by atoms with Gasteiger partial charge < -0.3 is 40.5 Å². The van der Waals surface area contributed by atoms with E-state index < -0.39 is 41.2 Å². The number of carbonyl (C=O) groups excluding carboxylic acids is 3. The van der Waals surface area contributed by atoms with Crippen LogP contribution in [0.25, 0.3) is 0 Å². The molecule has 0 aromatic carbocycles. The smallest absolute Gasteiger partial charge is 0.335 e. The Morgan fingerprint density at radius 3 is 2.52 bits per heavy atom. The standard InChI is InChI=1S/C36H50N4O10/c1-19(41)48-30-29(20-6-10-27(43)47-18-20)35(3)15-13-23-24(36(35)31(30)50-36)8-7-21-17-22(12-14-34(21,23)2)49-28(44)11-9-26(42)40-25(32(45)46)5-4-16-39-33(37)38/h6,10,18,21-25,29-31H,4-5,7-9,11-17H2,1-3H3,(H,40,42)(H,45,46)(H4,37,38,39). The number of hydrogen-bond donors (Lipinski definition) is 4. The normalized spacial score (nSPS) is 37.1. The van der Waals surface area contributed by atoms with Crippen molar-refractivity contribution >= 4 is 29.8 Å². The van der Waals surface area contributed by atoms with Gasteiger partial charge in [0, 0.05) is 37.3 Å². The van der Waals surface area contributed by atoms with Gasteiger partial charge in [-0.25, -0.2) is 9.59 Å². The van der Waals surface area contributed by atoms with Gasteiger partial charge in [-0.05, 0) is 92.6 Å². The molecule has 11 unspecified atom stereocenters. The summed E-state index contributed by atoms with van der Waals surface area (Å²) in [5.41, 5.74) is 10.3. The van der Waals surface area contributed by atoms with Gasteiger partial charge in [0.05, 0.1) is 12.7 Å². The number of carbonyl (C=O) groups is 4. The zero-order valence-corrected chi connectivity index (χ0v) is 29.1. The number of guanidine groups is 1. The van der Waals surface area contributed by atoms with E-state index in [1.54, 1.807) is 6.07 Å². The molecule has 1 aromatic rings. The lowest BCUT2D eigenvalue weighted by molar-refractivity contribution is -0.168. The van der Waals surface area contributed by atoms with E-state index in [0.717, 1.165) is 50.5 Å². The molecule has 5 fully saturated rings. The largest absolute Gasteiger partial charge is 0.480 e. The van der Waals surface area contributed by atoms with Crippen LogP contribution in [0.5, 0.6) is 0 Å². The molecule has 4 saturated carbocycles. The number of ether oxygens (including phenoxy) is 3. The zero-order chi connectivity index (χ0) is 36.0. The summed E-state index contributed by atoms with van der Waals surface area (Å²) in [5, 5.41) is 11.9. The lowest BCUT2D eigenvalue weighted by Crippen LogP contribution is -2.58. The van der Waals surface area contributed by atoms with Gasteiger partial charge in [-0.3, -0.25) is 19.4 Å². The molecule has 1 amide bonds. The number of nitrogens with zero attached hydrogens (tertiary/aromatic N) is 1.